The zero-order valence-corrected chi connectivity index (χ0v) is 5.88. The number of hydrogen-bond acceptors (Lipinski definition) is 3. The van der Waals surface area contributed by atoms with Crippen molar-refractivity contribution in [2.45, 2.75) is 12.3 Å². The minimum atomic E-state index is -2.37. The molecule has 4 nitrogen and oxygen atoms in total. The third kappa shape index (κ3) is 3.30. The summed E-state index contributed by atoms with van der Waals surface area (Å²) in [4.78, 5) is 18.1. The Kier molecular flexibility index (Phi) is 4.40. The van der Waals surface area contributed by atoms with Crippen molar-refractivity contribution >= 4 is 14.3 Å². The van der Waals surface area contributed by atoms with Gasteiger partial charge in [-0.05, 0) is 4.57 Å². The number of ether oxygens (including phenoxy) is 1. The van der Waals surface area contributed by atoms with Crippen LogP contribution in [0.5, 0.6) is 0 Å². The Morgan fingerprint density at radius 1 is 1.89 bits per heavy atom. The molecule has 0 aliphatic heterocycles. The van der Waals surface area contributed by atoms with Crippen LogP contribution >= 0.6 is 8.03 Å². The van der Waals surface area contributed by atoms with E-state index < -0.39 is 13.9 Å². The number of rotatable bonds is 4. The number of carbonyl (C=O) groups excluding carboxylic acids is 1. The molecule has 2 unspecified atom stereocenters. The first-order chi connectivity index (χ1) is 4.22. The van der Waals surface area contributed by atoms with E-state index in [1.807, 2.05) is 0 Å². The van der Waals surface area contributed by atoms with Gasteiger partial charge in [0.2, 0.25) is 0 Å². The summed E-state index contributed by atoms with van der Waals surface area (Å²) in [7, 11) is -1.08. The smallest absolute Gasteiger partial charge is 0.336 e. The zero-order chi connectivity index (χ0) is 7.28. The van der Waals surface area contributed by atoms with Crippen LogP contribution in [-0.2, 0) is 14.1 Å². The van der Waals surface area contributed by atoms with Crippen LogP contribution < -0.4 is 0 Å². The summed E-state index contributed by atoms with van der Waals surface area (Å²) in [5, 5.41) is 0. The van der Waals surface area contributed by atoms with Crippen LogP contribution in [0.1, 0.15) is 6.42 Å². The number of hydrogen-bond donors (Lipinski definition) is 1. The van der Waals surface area contributed by atoms with Gasteiger partial charge in [-0.2, -0.15) is 4.89 Å². The molecule has 0 aromatic carbocycles. The molecule has 0 saturated heterocycles. The van der Waals surface area contributed by atoms with Crippen molar-refractivity contribution in [1.82, 2.24) is 0 Å². The molecule has 5 heteroatoms. The van der Waals surface area contributed by atoms with Crippen LogP contribution in [0.2, 0.25) is 0 Å². The summed E-state index contributed by atoms with van der Waals surface area (Å²) >= 11 is 0. The average molecular weight is 151 g/mol. The van der Waals surface area contributed by atoms with Gasteiger partial charge in [0.25, 0.3) is 5.85 Å². The Morgan fingerprint density at radius 3 is 2.56 bits per heavy atom. The molecule has 0 radical (unpaired) electrons. The lowest BCUT2D eigenvalue weighted by molar-refractivity contribution is -0.109. The van der Waals surface area contributed by atoms with Crippen LogP contribution in [0, 0.1) is 0 Å². The standard InChI is InChI=1S/C4H7O4P/c1-8-4(2-3-5)9(6)7/h3-4H,2H2,1H3/p+1. The van der Waals surface area contributed by atoms with Crippen LogP contribution in [-0.4, -0.2) is 24.1 Å². The fraction of sp³-hybridized carbons (Fsp3) is 0.750. The molecule has 0 heterocycles. The molecule has 2 atom stereocenters. The summed E-state index contributed by atoms with van der Waals surface area (Å²) in [5.74, 6) is -0.836. The fourth-order valence-electron chi connectivity index (χ4n) is 0.359. The second kappa shape index (κ2) is 4.56. The van der Waals surface area contributed by atoms with Gasteiger partial charge in [0.1, 0.15) is 6.29 Å². The Bertz CT molecular complexity index is 113. The highest BCUT2D eigenvalue weighted by molar-refractivity contribution is 7.38. The lowest BCUT2D eigenvalue weighted by Crippen LogP contribution is -2.04. The van der Waals surface area contributed by atoms with E-state index >= 15 is 0 Å². The van der Waals surface area contributed by atoms with Crippen molar-refractivity contribution in [3.05, 3.63) is 0 Å². The first kappa shape index (κ1) is 8.69. The molecule has 0 rings (SSSR count). The van der Waals surface area contributed by atoms with Crippen molar-refractivity contribution in [1.29, 1.82) is 0 Å². The van der Waals surface area contributed by atoms with Gasteiger partial charge in [-0.1, -0.05) is 0 Å². The van der Waals surface area contributed by atoms with Crippen molar-refractivity contribution in [3.63, 3.8) is 0 Å². The molecule has 0 fully saturated rings. The fourth-order valence-corrected chi connectivity index (χ4v) is 0.806. The predicted molar refractivity (Wildman–Crippen MR) is 31.3 cm³/mol. The zero-order valence-electron chi connectivity index (χ0n) is 4.98. The summed E-state index contributed by atoms with van der Waals surface area (Å²) in [5.41, 5.74) is 0. The minimum absolute atomic E-state index is 0.0256. The normalized spacial score (nSPS) is 14.7. The first-order valence-corrected chi connectivity index (χ1v) is 3.62. The third-order valence-electron chi connectivity index (χ3n) is 0.816. The number of carbonyl (C=O) groups is 1. The van der Waals surface area contributed by atoms with Gasteiger partial charge >= 0.3 is 8.03 Å². The molecule has 0 aliphatic rings. The molecule has 9 heavy (non-hydrogen) atoms. The lowest BCUT2D eigenvalue weighted by Gasteiger charge is -1.93. The maximum Gasteiger partial charge on any atom is 0.538 e. The molecule has 0 bridgehead atoms. The predicted octanol–water partition coefficient (Wildman–Crippen LogP) is 0.283. The molecule has 0 amide bonds. The van der Waals surface area contributed by atoms with E-state index in [2.05, 4.69) is 4.74 Å². The highest BCUT2D eigenvalue weighted by Gasteiger charge is 2.27. The molecule has 0 saturated carbocycles. The van der Waals surface area contributed by atoms with E-state index in [0.29, 0.717) is 6.29 Å². The molecule has 52 valence electrons. The highest BCUT2D eigenvalue weighted by atomic mass is 31.1. The summed E-state index contributed by atoms with van der Waals surface area (Å²) in [6.07, 6.45) is 0.528. The van der Waals surface area contributed by atoms with E-state index in [1.54, 1.807) is 0 Å². The topological polar surface area (TPSA) is 63.6 Å². The van der Waals surface area contributed by atoms with Gasteiger partial charge in [0.05, 0.1) is 6.42 Å². The molecule has 0 spiro atoms. The van der Waals surface area contributed by atoms with Crippen molar-refractivity contribution in [2.75, 3.05) is 7.11 Å². The molecule has 0 aromatic heterocycles. The van der Waals surface area contributed by atoms with E-state index in [-0.39, 0.29) is 6.42 Å². The Hall–Kier alpha value is -0.310. The molecular formula is C4H8O4P+. The maximum atomic E-state index is 10.2. The molecule has 0 aliphatic carbocycles. The Balaban J connectivity index is 3.67. The lowest BCUT2D eigenvalue weighted by atomic mass is 10.5. The summed E-state index contributed by atoms with van der Waals surface area (Å²) < 4.78 is 14.7. The van der Waals surface area contributed by atoms with Gasteiger partial charge < -0.3 is 9.53 Å². The Labute approximate surface area is 53.7 Å². The monoisotopic (exact) mass is 151 g/mol. The second-order valence-electron chi connectivity index (χ2n) is 1.40. The summed E-state index contributed by atoms with van der Waals surface area (Å²) in [6.45, 7) is 0. The van der Waals surface area contributed by atoms with E-state index in [1.165, 1.54) is 7.11 Å². The first-order valence-electron chi connectivity index (χ1n) is 2.34. The SMILES string of the molecule is COC(CC=O)[P+](=O)O. The van der Waals surface area contributed by atoms with Crippen molar-refractivity contribution in [2.24, 2.45) is 0 Å². The summed E-state index contributed by atoms with van der Waals surface area (Å²) in [6, 6.07) is 0. The van der Waals surface area contributed by atoms with Crippen LogP contribution in [0.3, 0.4) is 0 Å². The van der Waals surface area contributed by atoms with Crippen molar-refractivity contribution < 1.29 is 19.0 Å². The molecule has 0 aromatic rings. The van der Waals surface area contributed by atoms with Gasteiger partial charge in [-0.3, -0.25) is 0 Å². The van der Waals surface area contributed by atoms with Gasteiger partial charge in [-0.25, -0.2) is 0 Å². The number of aldehydes is 1. The van der Waals surface area contributed by atoms with Gasteiger partial charge in [0, 0.05) is 7.11 Å². The van der Waals surface area contributed by atoms with Gasteiger partial charge in [0.15, 0.2) is 0 Å². The quantitative estimate of drug-likeness (QED) is 0.463. The van der Waals surface area contributed by atoms with E-state index in [4.69, 9.17) is 4.89 Å². The van der Waals surface area contributed by atoms with E-state index in [0.717, 1.165) is 0 Å². The minimum Gasteiger partial charge on any atom is -0.336 e. The second-order valence-corrected chi connectivity index (χ2v) is 2.58. The van der Waals surface area contributed by atoms with Crippen LogP contribution in [0.15, 0.2) is 0 Å². The molecule has 1 N–H and O–H groups in total. The highest BCUT2D eigenvalue weighted by Crippen LogP contribution is 2.24. The van der Waals surface area contributed by atoms with Crippen LogP contribution in [0.4, 0.5) is 0 Å². The van der Waals surface area contributed by atoms with Gasteiger partial charge in [-0.15, -0.1) is 0 Å². The maximum absolute atomic E-state index is 10.2. The number of methoxy groups -OCH3 is 1. The van der Waals surface area contributed by atoms with Crippen LogP contribution in [0.25, 0.3) is 0 Å². The largest absolute Gasteiger partial charge is 0.538 e. The Morgan fingerprint density at radius 2 is 2.44 bits per heavy atom. The molecular weight excluding hydrogens is 143 g/mol. The average Bonchev–Trinajstić information content (AvgIpc) is 1.82. The van der Waals surface area contributed by atoms with Crippen molar-refractivity contribution in [3.8, 4) is 0 Å². The third-order valence-corrected chi connectivity index (χ3v) is 1.73. The van der Waals surface area contributed by atoms with E-state index in [9.17, 15) is 9.36 Å².